The lowest BCUT2D eigenvalue weighted by atomic mass is 9.66. The van der Waals surface area contributed by atoms with E-state index in [0.29, 0.717) is 18.4 Å². The van der Waals surface area contributed by atoms with Crippen LogP contribution in [0.1, 0.15) is 77.6 Å². The van der Waals surface area contributed by atoms with Crippen LogP contribution < -0.4 is 0 Å². The third kappa shape index (κ3) is 5.53. The third-order valence-corrected chi connectivity index (χ3v) is 8.59. The molecular weight excluding hydrogens is 435 g/mol. The van der Waals surface area contributed by atoms with E-state index >= 15 is 0 Å². The predicted octanol–water partition coefficient (Wildman–Crippen LogP) is 6.94. The molecule has 0 aromatic rings. The molecule has 0 bridgehead atoms. The molecule has 0 spiro atoms. The largest absolute Gasteiger partial charge is 0.374 e. The predicted molar refractivity (Wildman–Crippen MR) is 116 cm³/mol. The molecule has 3 unspecified atom stereocenters. The zero-order chi connectivity index (χ0) is 18.9. The maximum absolute atomic E-state index is 6.20. The smallest absolute Gasteiger partial charge is 0.0944 e. The molecule has 0 aromatic heterocycles. The topological polar surface area (TPSA) is 18.5 Å². The molecule has 2 fully saturated rings. The molecule has 2 aliphatic rings. The highest BCUT2D eigenvalue weighted by atomic mass is 79.9. The first kappa shape index (κ1) is 23.3. The van der Waals surface area contributed by atoms with E-state index in [4.69, 9.17) is 32.7 Å². The number of halogens is 3. The lowest BCUT2D eigenvalue weighted by molar-refractivity contribution is -0.299. The van der Waals surface area contributed by atoms with Crippen LogP contribution in [0.25, 0.3) is 0 Å². The highest BCUT2D eigenvalue weighted by Gasteiger charge is 2.61. The van der Waals surface area contributed by atoms with Gasteiger partial charge in [-0.15, -0.1) is 23.2 Å². The van der Waals surface area contributed by atoms with Gasteiger partial charge < -0.3 is 9.47 Å². The highest BCUT2D eigenvalue weighted by Crippen LogP contribution is 2.51. The highest BCUT2D eigenvalue weighted by molar-refractivity contribution is 9.09. The molecule has 154 valence electrons. The quantitative estimate of drug-likeness (QED) is 0.190. The van der Waals surface area contributed by atoms with Gasteiger partial charge in [0.15, 0.2) is 0 Å². The van der Waals surface area contributed by atoms with Gasteiger partial charge in [-0.2, -0.15) is 0 Å². The molecular formula is C21H37BrCl2O2. The summed E-state index contributed by atoms with van der Waals surface area (Å²) in [6.07, 6.45) is 15.2. The molecule has 0 aliphatic carbocycles. The summed E-state index contributed by atoms with van der Waals surface area (Å²) in [5.74, 6) is 1.11. The number of unbranched alkanes of at least 4 members (excludes halogenated alkanes) is 9. The summed E-state index contributed by atoms with van der Waals surface area (Å²) in [4.78, 5) is 0. The van der Waals surface area contributed by atoms with Crippen LogP contribution in [0.2, 0.25) is 0 Å². The second-order valence-corrected chi connectivity index (χ2v) is 9.62. The molecule has 5 heteroatoms. The Hall–Kier alpha value is 0.980. The van der Waals surface area contributed by atoms with Crippen LogP contribution in [0.4, 0.5) is 0 Å². The maximum atomic E-state index is 6.20. The first-order valence-corrected chi connectivity index (χ1v) is 12.8. The molecule has 0 saturated carbocycles. The van der Waals surface area contributed by atoms with Gasteiger partial charge in [-0.05, 0) is 6.42 Å². The van der Waals surface area contributed by atoms with Crippen molar-refractivity contribution in [3.63, 3.8) is 0 Å². The number of ether oxygens (including phenoxy) is 2. The van der Waals surface area contributed by atoms with Gasteiger partial charge in [0.05, 0.1) is 25.4 Å². The first-order valence-electron chi connectivity index (χ1n) is 10.6. The Morgan fingerprint density at radius 3 is 1.62 bits per heavy atom. The van der Waals surface area contributed by atoms with Crippen molar-refractivity contribution in [2.45, 2.75) is 89.8 Å². The van der Waals surface area contributed by atoms with Crippen LogP contribution in [0, 0.1) is 10.8 Å². The number of hydrogen-bond acceptors (Lipinski definition) is 2. The standard InChI is InChI=1S/C21H37BrCl2O2/c1-2-3-4-5-6-7-8-9-10-11-12-20(13-22)16-25-18(20)19-21(14-23,15-24)17-26-19/h18-19H,2-17H2,1H3. The van der Waals surface area contributed by atoms with Crippen LogP contribution in [-0.4, -0.2) is 42.5 Å². The zero-order valence-electron chi connectivity index (χ0n) is 16.4. The third-order valence-electron chi connectivity index (χ3n) is 6.41. The Morgan fingerprint density at radius 2 is 1.23 bits per heavy atom. The van der Waals surface area contributed by atoms with Crippen molar-refractivity contribution in [3.05, 3.63) is 0 Å². The Morgan fingerprint density at radius 1 is 0.769 bits per heavy atom. The minimum absolute atomic E-state index is 0.0620. The van der Waals surface area contributed by atoms with E-state index < -0.39 is 0 Å². The summed E-state index contributed by atoms with van der Waals surface area (Å²) in [6.45, 7) is 3.78. The van der Waals surface area contributed by atoms with E-state index in [-0.39, 0.29) is 23.0 Å². The normalized spacial score (nSPS) is 30.0. The SMILES string of the molecule is CCCCCCCCCCCCC1(CBr)COC1C1OCC1(CCl)CCl. The van der Waals surface area contributed by atoms with Crippen molar-refractivity contribution < 1.29 is 9.47 Å². The van der Waals surface area contributed by atoms with Gasteiger partial charge in [0, 0.05) is 27.9 Å². The lowest BCUT2D eigenvalue weighted by Gasteiger charge is -2.59. The maximum Gasteiger partial charge on any atom is 0.0944 e. The molecule has 0 aromatic carbocycles. The Balaban J connectivity index is 1.63. The number of rotatable bonds is 15. The molecule has 2 nitrogen and oxygen atoms in total. The fraction of sp³-hybridized carbons (Fsp3) is 1.00. The molecule has 2 aliphatic heterocycles. The van der Waals surface area contributed by atoms with Gasteiger partial charge >= 0.3 is 0 Å². The van der Waals surface area contributed by atoms with Crippen molar-refractivity contribution in [3.8, 4) is 0 Å². The molecule has 2 heterocycles. The average molecular weight is 472 g/mol. The Kier molecular flexibility index (Phi) is 10.6. The van der Waals surface area contributed by atoms with Crippen molar-refractivity contribution in [1.82, 2.24) is 0 Å². The van der Waals surface area contributed by atoms with E-state index in [0.717, 1.165) is 11.9 Å². The molecule has 0 N–H and O–H groups in total. The van der Waals surface area contributed by atoms with Gasteiger partial charge in [0.2, 0.25) is 0 Å². The summed E-state index contributed by atoms with van der Waals surface area (Å²) in [5, 5.41) is 0.975. The van der Waals surface area contributed by atoms with E-state index in [1.807, 2.05) is 0 Å². The van der Waals surface area contributed by atoms with Gasteiger partial charge in [-0.3, -0.25) is 0 Å². The summed E-state index contributed by atoms with van der Waals surface area (Å²) >= 11 is 16.1. The fourth-order valence-corrected chi connectivity index (χ4v) is 5.78. The van der Waals surface area contributed by atoms with Gasteiger partial charge in [0.25, 0.3) is 0 Å². The molecule has 26 heavy (non-hydrogen) atoms. The minimum Gasteiger partial charge on any atom is -0.374 e. The Bertz CT molecular complexity index is 383. The van der Waals surface area contributed by atoms with E-state index in [2.05, 4.69) is 22.9 Å². The van der Waals surface area contributed by atoms with Crippen molar-refractivity contribution in [2.75, 3.05) is 30.3 Å². The van der Waals surface area contributed by atoms with E-state index in [1.165, 1.54) is 70.6 Å². The van der Waals surface area contributed by atoms with Crippen molar-refractivity contribution in [1.29, 1.82) is 0 Å². The van der Waals surface area contributed by atoms with Crippen molar-refractivity contribution in [2.24, 2.45) is 10.8 Å². The summed E-state index contributed by atoms with van der Waals surface area (Å²) in [5.41, 5.74) is 0.105. The monoisotopic (exact) mass is 470 g/mol. The van der Waals surface area contributed by atoms with Gasteiger partial charge in [-0.25, -0.2) is 0 Å². The zero-order valence-corrected chi connectivity index (χ0v) is 19.5. The molecule has 2 rings (SSSR count). The van der Waals surface area contributed by atoms with Crippen LogP contribution in [0.5, 0.6) is 0 Å². The van der Waals surface area contributed by atoms with Crippen LogP contribution in [0.3, 0.4) is 0 Å². The van der Waals surface area contributed by atoms with Gasteiger partial charge in [-0.1, -0.05) is 87.1 Å². The van der Waals surface area contributed by atoms with E-state index in [9.17, 15) is 0 Å². The summed E-state index contributed by atoms with van der Waals surface area (Å²) in [6, 6.07) is 0. The first-order chi connectivity index (χ1) is 12.7. The van der Waals surface area contributed by atoms with Crippen LogP contribution >= 0.6 is 39.1 Å². The Labute approximate surface area is 179 Å². The number of alkyl halides is 3. The summed E-state index contributed by atoms with van der Waals surface area (Å²) in [7, 11) is 0. The molecule has 2 saturated heterocycles. The molecule has 3 atom stereocenters. The van der Waals surface area contributed by atoms with E-state index in [1.54, 1.807) is 0 Å². The minimum atomic E-state index is -0.0978. The second kappa shape index (κ2) is 11.9. The second-order valence-electron chi connectivity index (χ2n) is 8.52. The lowest BCUT2D eigenvalue weighted by Crippen LogP contribution is -2.70. The average Bonchev–Trinajstić information content (AvgIpc) is 2.64. The molecule has 0 amide bonds. The van der Waals surface area contributed by atoms with Crippen molar-refractivity contribution >= 4 is 39.1 Å². The fourth-order valence-electron chi connectivity index (χ4n) is 4.27. The van der Waals surface area contributed by atoms with Gasteiger partial charge in [0.1, 0.15) is 0 Å². The molecule has 0 radical (unpaired) electrons. The van der Waals surface area contributed by atoms with Crippen LogP contribution in [0.15, 0.2) is 0 Å². The van der Waals surface area contributed by atoms with Crippen LogP contribution in [-0.2, 0) is 9.47 Å². The summed E-state index contributed by atoms with van der Waals surface area (Å²) < 4.78 is 11.8. The number of hydrogen-bond donors (Lipinski definition) is 0.